The third-order valence-corrected chi connectivity index (χ3v) is 4.41. The van der Waals surface area contributed by atoms with E-state index >= 15 is 0 Å². The van der Waals surface area contributed by atoms with Gasteiger partial charge in [-0.25, -0.2) is 0 Å². The van der Waals surface area contributed by atoms with Gasteiger partial charge in [-0.05, 0) is 43.5 Å². The maximum absolute atomic E-state index is 13.1. The highest BCUT2D eigenvalue weighted by Gasteiger charge is 2.35. The molecule has 23 heavy (non-hydrogen) atoms. The van der Waals surface area contributed by atoms with Crippen molar-refractivity contribution in [2.75, 3.05) is 26.7 Å². The van der Waals surface area contributed by atoms with Crippen molar-refractivity contribution in [2.45, 2.75) is 31.9 Å². The zero-order valence-electron chi connectivity index (χ0n) is 13.5. The van der Waals surface area contributed by atoms with Crippen LogP contribution in [0.2, 0.25) is 0 Å². The predicted molar refractivity (Wildman–Crippen MR) is 83.1 cm³/mol. The van der Waals surface area contributed by atoms with Gasteiger partial charge in [0.05, 0.1) is 5.56 Å². The van der Waals surface area contributed by atoms with Crippen molar-refractivity contribution in [2.24, 2.45) is 5.92 Å². The van der Waals surface area contributed by atoms with Gasteiger partial charge in [-0.1, -0.05) is 25.1 Å². The number of carbonyl (C=O) groups excluding carboxylic acids is 1. The van der Waals surface area contributed by atoms with E-state index in [4.69, 9.17) is 0 Å². The van der Waals surface area contributed by atoms with Crippen LogP contribution >= 0.6 is 0 Å². The second kappa shape index (κ2) is 7.34. The monoisotopic (exact) mass is 328 g/mol. The van der Waals surface area contributed by atoms with Gasteiger partial charge in [0.25, 0.3) is 0 Å². The minimum atomic E-state index is -4.39. The molecule has 0 saturated carbocycles. The van der Waals surface area contributed by atoms with Crippen LogP contribution in [0.15, 0.2) is 24.3 Å². The van der Waals surface area contributed by atoms with E-state index in [9.17, 15) is 18.0 Å². The lowest BCUT2D eigenvalue weighted by atomic mass is 9.92. The fourth-order valence-electron chi connectivity index (χ4n) is 3.20. The smallest absolute Gasteiger partial charge is 0.342 e. The van der Waals surface area contributed by atoms with Gasteiger partial charge in [0.15, 0.2) is 0 Å². The lowest BCUT2D eigenvalue weighted by molar-refractivity contribution is -0.139. The van der Waals surface area contributed by atoms with Gasteiger partial charge >= 0.3 is 6.18 Å². The van der Waals surface area contributed by atoms with E-state index in [0.29, 0.717) is 19.0 Å². The number of hydrogen-bond donors (Lipinski definition) is 1. The fourth-order valence-corrected chi connectivity index (χ4v) is 3.20. The molecular formula is C17H23F3N2O. The number of benzene rings is 1. The quantitative estimate of drug-likeness (QED) is 0.900. The number of hydrogen-bond acceptors (Lipinski definition) is 2. The van der Waals surface area contributed by atoms with E-state index in [0.717, 1.165) is 19.0 Å². The molecule has 1 aliphatic rings. The van der Waals surface area contributed by atoms with Crippen LogP contribution in [0.3, 0.4) is 0 Å². The average Bonchev–Trinajstić information content (AvgIpc) is 2.95. The molecule has 0 radical (unpaired) electrons. The molecule has 1 fully saturated rings. The van der Waals surface area contributed by atoms with Gasteiger partial charge in [-0.2, -0.15) is 13.2 Å². The second-order valence-electron chi connectivity index (χ2n) is 6.24. The van der Waals surface area contributed by atoms with Crippen molar-refractivity contribution in [3.05, 3.63) is 35.4 Å². The normalized spacial score (nSPS) is 19.9. The molecule has 0 unspecified atom stereocenters. The molecule has 1 saturated heterocycles. The summed E-state index contributed by atoms with van der Waals surface area (Å²) in [6.07, 6.45) is -3.33. The molecule has 1 N–H and O–H groups in total. The van der Waals surface area contributed by atoms with Crippen molar-refractivity contribution in [3.8, 4) is 0 Å². The lowest BCUT2D eigenvalue weighted by Gasteiger charge is -2.21. The maximum atomic E-state index is 13.1. The van der Waals surface area contributed by atoms with E-state index in [1.807, 2.05) is 7.05 Å². The number of carbonyl (C=O) groups is 1. The number of nitrogens with zero attached hydrogens (tertiary/aromatic N) is 1. The first-order chi connectivity index (χ1) is 10.8. The van der Waals surface area contributed by atoms with Crippen molar-refractivity contribution in [1.29, 1.82) is 0 Å². The maximum Gasteiger partial charge on any atom is 0.416 e. The molecule has 3 nitrogen and oxygen atoms in total. The third kappa shape index (κ3) is 4.47. The Hall–Kier alpha value is -1.56. The Morgan fingerprint density at radius 2 is 2.09 bits per heavy atom. The summed E-state index contributed by atoms with van der Waals surface area (Å²) in [6.45, 7) is 3.92. The summed E-state index contributed by atoms with van der Waals surface area (Å²) in [5.41, 5.74) is -0.450. The Bertz CT molecular complexity index is 545. The molecule has 1 heterocycles. The van der Waals surface area contributed by atoms with E-state index in [-0.39, 0.29) is 17.9 Å². The Kier molecular flexibility index (Phi) is 5.68. The largest absolute Gasteiger partial charge is 0.416 e. The first-order valence-electron chi connectivity index (χ1n) is 7.91. The van der Waals surface area contributed by atoms with Gasteiger partial charge < -0.3 is 10.2 Å². The van der Waals surface area contributed by atoms with E-state index in [1.54, 1.807) is 17.9 Å². The molecular weight excluding hydrogens is 305 g/mol. The highest BCUT2D eigenvalue weighted by Crippen LogP contribution is 2.36. The first kappa shape index (κ1) is 17.8. The number of halogens is 3. The first-order valence-corrected chi connectivity index (χ1v) is 7.91. The van der Waals surface area contributed by atoms with Crippen LogP contribution in [0, 0.1) is 5.92 Å². The minimum Gasteiger partial charge on any atom is -0.342 e. The van der Waals surface area contributed by atoms with Crippen LogP contribution in [0.25, 0.3) is 0 Å². The van der Waals surface area contributed by atoms with Crippen molar-refractivity contribution >= 4 is 5.91 Å². The summed E-state index contributed by atoms with van der Waals surface area (Å²) in [7, 11) is 1.88. The number of nitrogens with one attached hydrogen (secondary N) is 1. The topological polar surface area (TPSA) is 32.3 Å². The molecule has 1 amide bonds. The highest BCUT2D eigenvalue weighted by atomic mass is 19.4. The average molecular weight is 328 g/mol. The summed E-state index contributed by atoms with van der Waals surface area (Å²) in [4.78, 5) is 14.1. The molecule has 1 aromatic carbocycles. The van der Waals surface area contributed by atoms with Gasteiger partial charge in [0.2, 0.25) is 5.91 Å². The van der Waals surface area contributed by atoms with Gasteiger partial charge in [0, 0.05) is 19.5 Å². The fraction of sp³-hybridized carbons (Fsp3) is 0.588. The molecule has 0 aliphatic carbocycles. The van der Waals surface area contributed by atoms with Crippen molar-refractivity contribution < 1.29 is 18.0 Å². The summed E-state index contributed by atoms with van der Waals surface area (Å²) < 4.78 is 39.2. The Balaban J connectivity index is 2.03. The van der Waals surface area contributed by atoms with Crippen LogP contribution in [-0.2, 0) is 11.0 Å². The zero-order chi connectivity index (χ0) is 17.0. The molecule has 2 atom stereocenters. The second-order valence-corrected chi connectivity index (χ2v) is 6.24. The van der Waals surface area contributed by atoms with Gasteiger partial charge in [-0.3, -0.25) is 4.79 Å². The molecule has 0 spiro atoms. The zero-order valence-corrected chi connectivity index (χ0v) is 13.5. The molecule has 2 rings (SSSR count). The number of rotatable bonds is 5. The minimum absolute atomic E-state index is 0.0620. The van der Waals surface area contributed by atoms with E-state index in [2.05, 4.69) is 5.32 Å². The summed E-state index contributed by atoms with van der Waals surface area (Å²) in [6, 6.07) is 5.51. The number of likely N-dealkylation sites (tertiary alicyclic amines) is 1. The SMILES string of the molecule is CNC[C@@H]1CCN(C(=O)C[C@H](C)c2ccccc2C(F)(F)F)C1. The number of amides is 1. The van der Waals surface area contributed by atoms with Crippen LogP contribution in [0.1, 0.15) is 36.8 Å². The molecule has 0 bridgehead atoms. The van der Waals surface area contributed by atoms with E-state index < -0.39 is 17.7 Å². The number of alkyl halides is 3. The summed E-state index contributed by atoms with van der Waals surface area (Å²) in [5.74, 6) is -0.0847. The van der Waals surface area contributed by atoms with Gasteiger partial charge in [0.1, 0.15) is 0 Å². The molecule has 6 heteroatoms. The van der Waals surface area contributed by atoms with Crippen molar-refractivity contribution in [3.63, 3.8) is 0 Å². The Labute approximate surface area is 134 Å². The van der Waals surface area contributed by atoms with Crippen LogP contribution < -0.4 is 5.32 Å². The third-order valence-electron chi connectivity index (χ3n) is 4.41. The molecule has 1 aromatic rings. The molecule has 1 aliphatic heterocycles. The Morgan fingerprint density at radius 3 is 2.74 bits per heavy atom. The standard InChI is InChI=1S/C17H23F3N2O/c1-12(14-5-3-4-6-15(14)17(18,19)20)9-16(23)22-8-7-13(11-22)10-21-2/h3-6,12-13,21H,7-11H2,1-2H3/t12-,13-/m0/s1. The van der Waals surface area contributed by atoms with Crippen LogP contribution in [-0.4, -0.2) is 37.5 Å². The molecule has 0 aromatic heterocycles. The van der Waals surface area contributed by atoms with Gasteiger partial charge in [-0.15, -0.1) is 0 Å². The summed E-state index contributed by atoms with van der Waals surface area (Å²) >= 11 is 0. The highest BCUT2D eigenvalue weighted by molar-refractivity contribution is 5.77. The van der Waals surface area contributed by atoms with Crippen LogP contribution in [0.5, 0.6) is 0 Å². The van der Waals surface area contributed by atoms with Crippen molar-refractivity contribution in [1.82, 2.24) is 10.2 Å². The van der Waals surface area contributed by atoms with Crippen LogP contribution in [0.4, 0.5) is 13.2 Å². The van der Waals surface area contributed by atoms with E-state index in [1.165, 1.54) is 12.1 Å². The lowest BCUT2D eigenvalue weighted by Crippen LogP contribution is -2.31. The summed E-state index contributed by atoms with van der Waals surface area (Å²) in [5, 5.41) is 3.10. The Morgan fingerprint density at radius 1 is 1.39 bits per heavy atom. The predicted octanol–water partition coefficient (Wildman–Crippen LogP) is 3.27. The molecule has 128 valence electrons.